The van der Waals surface area contributed by atoms with Crippen LogP contribution in [0.15, 0.2) is 84.9 Å². The Bertz CT molecular complexity index is 1230. The Morgan fingerprint density at radius 3 is 2.71 bits per heavy atom. The van der Waals surface area contributed by atoms with E-state index in [4.69, 9.17) is 4.74 Å². The first-order chi connectivity index (χ1) is 17.1. The summed E-state index contributed by atoms with van der Waals surface area (Å²) in [5.74, 6) is 2.10. The second-order valence-electron chi connectivity index (χ2n) is 8.85. The molecule has 0 spiro atoms. The van der Waals surface area contributed by atoms with Crippen LogP contribution in [0, 0.1) is 4.91 Å². The number of carbonyl (C=O) groups excluding carboxylic acids is 1. The number of aromatic nitrogens is 1. The number of pyridine rings is 1. The van der Waals surface area contributed by atoms with Crippen LogP contribution in [0.2, 0.25) is 0 Å². The molecule has 1 saturated heterocycles. The molecule has 1 unspecified atom stereocenters. The minimum atomic E-state index is -0.221. The summed E-state index contributed by atoms with van der Waals surface area (Å²) in [5.41, 5.74) is 3.40. The van der Waals surface area contributed by atoms with Gasteiger partial charge in [-0.2, -0.15) is 0 Å². The van der Waals surface area contributed by atoms with E-state index < -0.39 is 0 Å². The Morgan fingerprint density at radius 2 is 1.97 bits per heavy atom. The molecule has 1 aliphatic heterocycles. The minimum Gasteiger partial charge on any atom is -0.457 e. The van der Waals surface area contributed by atoms with Crippen LogP contribution in [0.25, 0.3) is 0 Å². The Labute approximate surface area is 204 Å². The van der Waals surface area contributed by atoms with Crippen LogP contribution in [-0.2, 0) is 4.79 Å². The van der Waals surface area contributed by atoms with Gasteiger partial charge in [0.25, 0.3) is 0 Å². The van der Waals surface area contributed by atoms with Crippen LogP contribution in [0.5, 0.6) is 11.5 Å². The first-order valence-electron chi connectivity index (χ1n) is 11.8. The summed E-state index contributed by atoms with van der Waals surface area (Å²) in [6.07, 6.45) is 7.71. The zero-order valence-electron chi connectivity index (χ0n) is 19.3. The van der Waals surface area contributed by atoms with Crippen molar-refractivity contribution in [2.24, 2.45) is 5.29 Å². The number of nitrogens with one attached hydrogen (secondary N) is 1. The number of carbonyl (C=O) groups is 1. The fourth-order valence-corrected chi connectivity index (χ4v) is 4.41. The van der Waals surface area contributed by atoms with Gasteiger partial charge < -0.3 is 15.0 Å². The van der Waals surface area contributed by atoms with E-state index in [9.17, 15) is 9.70 Å². The van der Waals surface area contributed by atoms with Crippen molar-refractivity contribution in [2.45, 2.75) is 31.2 Å². The average molecular weight is 470 g/mol. The Balaban J connectivity index is 1.28. The van der Waals surface area contributed by atoms with Crippen LogP contribution in [0.3, 0.4) is 0 Å². The number of hydrogen-bond acceptors (Lipinski definition) is 6. The first kappa shape index (κ1) is 22.6. The van der Waals surface area contributed by atoms with Crippen molar-refractivity contribution in [1.82, 2.24) is 9.88 Å². The average Bonchev–Trinajstić information content (AvgIpc) is 3.64. The molecule has 2 heterocycles. The number of ether oxygens (including phenoxy) is 1. The molecule has 178 valence electrons. The number of likely N-dealkylation sites (tertiary alicyclic amines) is 1. The van der Waals surface area contributed by atoms with Gasteiger partial charge in [0.05, 0.1) is 28.9 Å². The maximum atomic E-state index is 12.0. The Hall–Kier alpha value is -4.20. The molecule has 1 aliphatic carbocycles. The lowest BCUT2D eigenvalue weighted by Crippen LogP contribution is -2.35. The van der Waals surface area contributed by atoms with Gasteiger partial charge in [-0.15, -0.1) is 4.91 Å². The highest BCUT2D eigenvalue weighted by molar-refractivity contribution is 5.87. The summed E-state index contributed by atoms with van der Waals surface area (Å²) < 4.78 is 6.04. The molecular formula is C27H27N5O3. The number of nitrogens with zero attached hydrogens (tertiary/aromatic N) is 4. The van der Waals surface area contributed by atoms with Crippen molar-refractivity contribution in [2.75, 3.05) is 23.4 Å². The molecule has 1 N–H and O–H groups in total. The molecule has 2 aliphatic rings. The highest BCUT2D eigenvalue weighted by Gasteiger charge is 2.32. The number of hydrogen-bond donors (Lipinski definition) is 1. The number of benzene rings is 2. The third-order valence-corrected chi connectivity index (χ3v) is 6.40. The number of amides is 1. The predicted molar refractivity (Wildman–Crippen MR) is 136 cm³/mol. The van der Waals surface area contributed by atoms with Crippen LogP contribution < -0.4 is 15.1 Å². The van der Waals surface area contributed by atoms with Crippen molar-refractivity contribution >= 4 is 23.0 Å². The van der Waals surface area contributed by atoms with Gasteiger partial charge in [-0.3, -0.25) is 9.78 Å². The normalized spacial score (nSPS) is 17.0. The van der Waals surface area contributed by atoms with E-state index in [0.717, 1.165) is 17.2 Å². The van der Waals surface area contributed by atoms with E-state index >= 15 is 0 Å². The monoisotopic (exact) mass is 469 g/mol. The van der Waals surface area contributed by atoms with Gasteiger partial charge in [0.15, 0.2) is 0 Å². The van der Waals surface area contributed by atoms with Crippen LogP contribution in [0.4, 0.5) is 17.1 Å². The molecule has 0 bridgehead atoms. The first-order valence-corrected chi connectivity index (χ1v) is 11.8. The maximum absolute atomic E-state index is 12.0. The second-order valence-corrected chi connectivity index (χ2v) is 8.85. The van der Waals surface area contributed by atoms with Gasteiger partial charge in [-0.1, -0.05) is 18.7 Å². The standard InChI is InChI=1S/C27H27N5O3/c1-2-27(33)31-15-13-22(18-31)32(30-34)26-12-14-28-17-25(26)29-21-8-10-23(11-9-21)35-24-5-3-4-20(16-24)19-6-7-19/h2-5,8-12,14,16-17,19,22,29H,1,6-7,13,15,18H2. The highest BCUT2D eigenvalue weighted by Crippen LogP contribution is 2.41. The fourth-order valence-electron chi connectivity index (χ4n) is 4.41. The third kappa shape index (κ3) is 5.16. The third-order valence-electron chi connectivity index (χ3n) is 6.40. The van der Waals surface area contributed by atoms with Crippen LogP contribution >= 0.6 is 0 Å². The van der Waals surface area contributed by atoms with E-state index in [1.165, 1.54) is 29.5 Å². The van der Waals surface area contributed by atoms with E-state index in [0.29, 0.717) is 36.8 Å². The van der Waals surface area contributed by atoms with Crippen molar-refractivity contribution in [3.63, 3.8) is 0 Å². The van der Waals surface area contributed by atoms with Gasteiger partial charge in [0, 0.05) is 25.0 Å². The quantitative estimate of drug-likeness (QED) is 0.243. The van der Waals surface area contributed by atoms with Crippen LogP contribution in [0.1, 0.15) is 30.7 Å². The second kappa shape index (κ2) is 9.97. The summed E-state index contributed by atoms with van der Waals surface area (Å²) >= 11 is 0. The molecule has 0 radical (unpaired) electrons. The summed E-state index contributed by atoms with van der Waals surface area (Å²) in [5, 5.41) is 8.02. The Kier molecular flexibility index (Phi) is 6.43. The number of nitroso groups, excluding NO2 is 1. The molecule has 1 amide bonds. The van der Waals surface area contributed by atoms with Crippen LogP contribution in [-0.4, -0.2) is 34.9 Å². The zero-order chi connectivity index (χ0) is 24.2. The molecule has 5 rings (SSSR count). The Morgan fingerprint density at radius 1 is 1.14 bits per heavy atom. The highest BCUT2D eigenvalue weighted by atomic mass is 16.5. The molecule has 8 nitrogen and oxygen atoms in total. The van der Waals surface area contributed by atoms with Gasteiger partial charge >= 0.3 is 0 Å². The molecule has 1 aromatic heterocycles. The van der Waals surface area contributed by atoms with Crippen molar-refractivity contribution in [1.29, 1.82) is 0 Å². The summed E-state index contributed by atoms with van der Waals surface area (Å²) in [7, 11) is 0. The fraction of sp³-hybridized carbons (Fsp3) is 0.259. The number of anilines is 3. The number of rotatable bonds is 9. The zero-order valence-corrected chi connectivity index (χ0v) is 19.3. The van der Waals surface area contributed by atoms with E-state index in [1.807, 2.05) is 36.4 Å². The van der Waals surface area contributed by atoms with Crippen molar-refractivity contribution in [3.05, 3.63) is 90.1 Å². The lowest BCUT2D eigenvalue weighted by Gasteiger charge is -2.25. The molecule has 2 aromatic carbocycles. The van der Waals surface area contributed by atoms with Gasteiger partial charge in [0.2, 0.25) is 5.91 Å². The topological polar surface area (TPSA) is 87.1 Å². The lowest BCUT2D eigenvalue weighted by atomic mass is 10.1. The predicted octanol–water partition coefficient (Wildman–Crippen LogP) is 5.77. The van der Waals surface area contributed by atoms with Gasteiger partial charge in [-0.05, 0) is 79.3 Å². The molecule has 8 heteroatoms. The molecule has 3 aromatic rings. The van der Waals surface area contributed by atoms with E-state index in [2.05, 4.69) is 34.3 Å². The molecule has 35 heavy (non-hydrogen) atoms. The smallest absolute Gasteiger partial charge is 0.246 e. The minimum absolute atomic E-state index is 0.145. The molecule has 1 atom stereocenters. The van der Waals surface area contributed by atoms with Crippen molar-refractivity contribution < 1.29 is 9.53 Å². The molecule has 2 fully saturated rings. The van der Waals surface area contributed by atoms with Crippen molar-refractivity contribution in [3.8, 4) is 11.5 Å². The van der Waals surface area contributed by atoms with Gasteiger partial charge in [0.1, 0.15) is 11.5 Å². The maximum Gasteiger partial charge on any atom is 0.246 e. The molecule has 1 saturated carbocycles. The van der Waals surface area contributed by atoms with E-state index in [1.54, 1.807) is 23.4 Å². The summed E-state index contributed by atoms with van der Waals surface area (Å²) in [6, 6.07) is 17.4. The van der Waals surface area contributed by atoms with E-state index in [-0.39, 0.29) is 11.9 Å². The lowest BCUT2D eigenvalue weighted by molar-refractivity contribution is -0.125. The summed E-state index contributed by atoms with van der Waals surface area (Å²) in [4.78, 5) is 29.7. The summed E-state index contributed by atoms with van der Waals surface area (Å²) in [6.45, 7) is 4.50. The SMILES string of the molecule is C=CC(=O)N1CCC(N(N=O)c2ccncc2Nc2ccc(Oc3cccc(C4CC4)c3)cc2)C1. The van der Waals surface area contributed by atoms with Gasteiger partial charge in [-0.25, -0.2) is 5.01 Å². The molecular weight excluding hydrogens is 442 g/mol. The largest absolute Gasteiger partial charge is 0.457 e.